The Morgan fingerprint density at radius 1 is 1.35 bits per heavy atom. The summed E-state index contributed by atoms with van der Waals surface area (Å²) in [7, 11) is 0. The molecule has 20 heavy (non-hydrogen) atoms. The number of likely N-dealkylation sites (tertiary alicyclic amines) is 1. The fraction of sp³-hybridized carbons (Fsp3) is 0.533. The van der Waals surface area contributed by atoms with Gasteiger partial charge in [0.25, 0.3) is 0 Å². The largest absolute Gasteiger partial charge is 0.391 e. The second kappa shape index (κ2) is 5.74. The van der Waals surface area contributed by atoms with Crippen molar-refractivity contribution in [2.24, 2.45) is 0 Å². The number of nitrogens with one attached hydrogen (secondary N) is 1. The number of carbonyl (C=O) groups excluding carboxylic acids is 1. The number of hydrogen-bond acceptors (Lipinski definition) is 2. The minimum atomic E-state index is -0.365. The van der Waals surface area contributed by atoms with Gasteiger partial charge in [-0.15, -0.1) is 0 Å². The molecular formula is C15H19BrN2O2. The first-order chi connectivity index (χ1) is 9.63. The number of benzene rings is 1. The zero-order valence-corrected chi connectivity index (χ0v) is 12.8. The van der Waals surface area contributed by atoms with E-state index in [0.29, 0.717) is 12.5 Å². The molecular weight excluding hydrogens is 320 g/mol. The van der Waals surface area contributed by atoms with Crippen molar-refractivity contribution in [2.45, 2.75) is 37.3 Å². The average molecular weight is 339 g/mol. The molecule has 2 N–H and O–H groups in total. The fourth-order valence-electron chi connectivity index (χ4n) is 2.82. The van der Waals surface area contributed by atoms with Gasteiger partial charge < -0.3 is 15.3 Å². The van der Waals surface area contributed by atoms with Crippen molar-refractivity contribution in [1.82, 2.24) is 10.2 Å². The van der Waals surface area contributed by atoms with Crippen LogP contribution in [0.5, 0.6) is 0 Å². The Kier molecular flexibility index (Phi) is 3.98. The predicted molar refractivity (Wildman–Crippen MR) is 80.6 cm³/mol. The zero-order chi connectivity index (χ0) is 14.1. The smallest absolute Gasteiger partial charge is 0.317 e. The third-order valence-corrected chi connectivity index (χ3v) is 4.61. The van der Waals surface area contributed by atoms with Gasteiger partial charge in [0.1, 0.15) is 0 Å². The second-order valence-corrected chi connectivity index (χ2v) is 6.61. The Balaban J connectivity index is 1.52. The normalized spacial score (nSPS) is 29.1. The molecule has 2 aliphatic rings. The summed E-state index contributed by atoms with van der Waals surface area (Å²) in [4.78, 5) is 13.8. The molecule has 2 fully saturated rings. The summed E-state index contributed by atoms with van der Waals surface area (Å²) in [6, 6.07) is 8.48. The maximum atomic E-state index is 12.1. The quantitative estimate of drug-likeness (QED) is 0.870. The van der Waals surface area contributed by atoms with Crippen LogP contribution in [-0.2, 0) is 0 Å². The summed E-state index contributed by atoms with van der Waals surface area (Å²) in [6.07, 6.45) is 2.32. The summed E-state index contributed by atoms with van der Waals surface area (Å²) in [5.74, 6) is 0.432. The van der Waals surface area contributed by atoms with Crippen molar-refractivity contribution in [3.8, 4) is 0 Å². The second-order valence-electron chi connectivity index (χ2n) is 5.69. The Labute approximate surface area is 127 Å². The van der Waals surface area contributed by atoms with E-state index in [-0.39, 0.29) is 18.2 Å². The Morgan fingerprint density at radius 3 is 2.80 bits per heavy atom. The van der Waals surface area contributed by atoms with Gasteiger partial charge in [0, 0.05) is 29.5 Å². The van der Waals surface area contributed by atoms with Crippen LogP contribution >= 0.6 is 15.9 Å². The molecule has 1 saturated carbocycles. The van der Waals surface area contributed by atoms with E-state index in [4.69, 9.17) is 0 Å². The summed E-state index contributed by atoms with van der Waals surface area (Å²) in [5.41, 5.74) is 1.28. The third kappa shape index (κ3) is 3.15. The minimum absolute atomic E-state index is 0.0339. The number of nitrogens with zero attached hydrogens (tertiary/aromatic N) is 1. The zero-order valence-electron chi connectivity index (χ0n) is 11.3. The third-order valence-electron chi connectivity index (χ3n) is 4.08. The molecule has 1 aromatic rings. The van der Waals surface area contributed by atoms with Crippen LogP contribution in [0.2, 0.25) is 0 Å². The minimum Gasteiger partial charge on any atom is -0.391 e. The van der Waals surface area contributed by atoms with Gasteiger partial charge in [0.15, 0.2) is 0 Å². The van der Waals surface area contributed by atoms with Gasteiger partial charge in [0.05, 0.1) is 6.10 Å². The van der Waals surface area contributed by atoms with E-state index in [1.54, 1.807) is 4.90 Å². The lowest BCUT2D eigenvalue weighted by Crippen LogP contribution is -2.47. The first kappa shape index (κ1) is 13.9. The summed E-state index contributed by atoms with van der Waals surface area (Å²) < 4.78 is 1.07. The summed E-state index contributed by atoms with van der Waals surface area (Å²) >= 11 is 3.43. The topological polar surface area (TPSA) is 52.6 Å². The molecule has 0 radical (unpaired) electrons. The van der Waals surface area contributed by atoms with E-state index in [0.717, 1.165) is 30.3 Å². The van der Waals surface area contributed by atoms with Crippen molar-refractivity contribution < 1.29 is 9.90 Å². The number of aliphatic hydroxyl groups excluding tert-OH is 1. The monoisotopic (exact) mass is 338 g/mol. The van der Waals surface area contributed by atoms with E-state index < -0.39 is 0 Å². The standard InChI is InChI=1S/C15H19BrN2O2/c16-11-5-3-10(4-6-11)13-8-14(13)17-15(20)18-7-1-2-12(19)9-18/h3-6,12-14,19H,1-2,7-9H2,(H,17,20). The molecule has 1 saturated heterocycles. The van der Waals surface area contributed by atoms with Crippen molar-refractivity contribution in [1.29, 1.82) is 0 Å². The van der Waals surface area contributed by atoms with Gasteiger partial charge in [-0.05, 0) is 37.0 Å². The number of β-amino-alcohol motifs (C(OH)–C–C–N with tert-alkyl or cyclic N) is 1. The summed E-state index contributed by atoms with van der Waals surface area (Å²) in [5, 5.41) is 12.7. The van der Waals surface area contributed by atoms with E-state index in [9.17, 15) is 9.90 Å². The van der Waals surface area contributed by atoms with Crippen LogP contribution < -0.4 is 5.32 Å². The van der Waals surface area contributed by atoms with Crippen LogP contribution in [0.4, 0.5) is 4.79 Å². The van der Waals surface area contributed by atoms with Crippen LogP contribution in [0.25, 0.3) is 0 Å². The summed E-state index contributed by atoms with van der Waals surface area (Å²) in [6.45, 7) is 1.21. The van der Waals surface area contributed by atoms with E-state index >= 15 is 0 Å². The number of rotatable bonds is 2. The van der Waals surface area contributed by atoms with Crippen LogP contribution in [0.1, 0.15) is 30.7 Å². The number of aliphatic hydroxyl groups is 1. The highest BCUT2D eigenvalue weighted by molar-refractivity contribution is 9.10. The van der Waals surface area contributed by atoms with Crippen LogP contribution in [-0.4, -0.2) is 41.3 Å². The van der Waals surface area contributed by atoms with Crippen LogP contribution in [0.3, 0.4) is 0 Å². The average Bonchev–Trinajstić information content (AvgIpc) is 3.19. The molecule has 3 rings (SSSR count). The van der Waals surface area contributed by atoms with Crippen LogP contribution in [0, 0.1) is 0 Å². The molecule has 1 heterocycles. The number of urea groups is 1. The van der Waals surface area contributed by atoms with E-state index in [2.05, 4.69) is 33.4 Å². The Bertz CT molecular complexity index is 491. The maximum absolute atomic E-state index is 12.1. The Morgan fingerprint density at radius 2 is 2.10 bits per heavy atom. The van der Waals surface area contributed by atoms with Gasteiger partial charge in [-0.2, -0.15) is 0 Å². The van der Waals surface area contributed by atoms with Gasteiger partial charge in [-0.3, -0.25) is 0 Å². The number of amides is 2. The molecule has 1 aliphatic heterocycles. The first-order valence-electron chi connectivity index (χ1n) is 7.12. The molecule has 1 aliphatic carbocycles. The highest BCUT2D eigenvalue weighted by Gasteiger charge is 2.40. The molecule has 0 aromatic heterocycles. The van der Waals surface area contributed by atoms with E-state index in [1.165, 1.54) is 5.56 Å². The molecule has 0 spiro atoms. The lowest BCUT2D eigenvalue weighted by atomic mass is 10.1. The molecule has 0 bridgehead atoms. The van der Waals surface area contributed by atoms with Crippen LogP contribution in [0.15, 0.2) is 28.7 Å². The van der Waals surface area contributed by atoms with Gasteiger partial charge in [-0.1, -0.05) is 28.1 Å². The lowest BCUT2D eigenvalue weighted by molar-refractivity contribution is 0.0841. The van der Waals surface area contributed by atoms with Gasteiger partial charge in [-0.25, -0.2) is 4.79 Å². The van der Waals surface area contributed by atoms with Crippen molar-refractivity contribution >= 4 is 22.0 Å². The van der Waals surface area contributed by atoms with Gasteiger partial charge >= 0.3 is 6.03 Å². The fourth-order valence-corrected chi connectivity index (χ4v) is 3.09. The predicted octanol–water partition coefficient (Wildman–Crippen LogP) is 2.47. The van der Waals surface area contributed by atoms with Crippen molar-refractivity contribution in [3.63, 3.8) is 0 Å². The highest BCUT2D eigenvalue weighted by atomic mass is 79.9. The molecule has 2 amide bonds. The number of hydrogen-bond donors (Lipinski definition) is 2. The molecule has 5 heteroatoms. The molecule has 3 unspecified atom stereocenters. The number of carbonyl (C=O) groups is 1. The molecule has 1 aromatic carbocycles. The Hall–Kier alpha value is -1.07. The van der Waals surface area contributed by atoms with E-state index in [1.807, 2.05) is 12.1 Å². The highest BCUT2D eigenvalue weighted by Crippen LogP contribution is 2.41. The number of halogens is 1. The van der Waals surface area contributed by atoms with Crippen molar-refractivity contribution in [3.05, 3.63) is 34.3 Å². The lowest BCUT2D eigenvalue weighted by Gasteiger charge is -2.30. The van der Waals surface area contributed by atoms with Crippen molar-refractivity contribution in [2.75, 3.05) is 13.1 Å². The van der Waals surface area contributed by atoms with Gasteiger partial charge in [0.2, 0.25) is 0 Å². The number of piperidine rings is 1. The molecule has 108 valence electrons. The first-order valence-corrected chi connectivity index (χ1v) is 7.92. The molecule has 4 nitrogen and oxygen atoms in total. The molecule has 3 atom stereocenters. The SMILES string of the molecule is O=C(NC1CC1c1ccc(Br)cc1)N1CCCC(O)C1. The maximum Gasteiger partial charge on any atom is 0.317 e.